The number of nitrogens with one attached hydrogen (secondary N) is 2. The molecule has 1 aromatic rings. The lowest BCUT2D eigenvalue weighted by Crippen LogP contribution is -2.41. The largest absolute Gasteiger partial charge is 0.353 e. The quantitative estimate of drug-likeness (QED) is 0.819. The first-order chi connectivity index (χ1) is 12.6. The summed E-state index contributed by atoms with van der Waals surface area (Å²) in [4.78, 5) is 32.9. The number of amides is 2. The fourth-order valence-corrected chi connectivity index (χ4v) is 4.19. The fourth-order valence-electron chi connectivity index (χ4n) is 4.19. The van der Waals surface area contributed by atoms with Crippen LogP contribution in [0.5, 0.6) is 0 Å². The van der Waals surface area contributed by atoms with E-state index in [-0.39, 0.29) is 23.8 Å². The van der Waals surface area contributed by atoms with Crippen LogP contribution in [-0.4, -0.2) is 27.8 Å². The van der Waals surface area contributed by atoms with Crippen molar-refractivity contribution in [3.05, 3.63) is 23.8 Å². The first-order valence-electron chi connectivity index (χ1n) is 9.96. The predicted molar refractivity (Wildman–Crippen MR) is 99.1 cm³/mol. The van der Waals surface area contributed by atoms with Crippen LogP contribution < -0.4 is 10.6 Å². The molecule has 0 bridgehead atoms. The Morgan fingerprint density at radius 3 is 2.54 bits per heavy atom. The van der Waals surface area contributed by atoms with Gasteiger partial charge >= 0.3 is 0 Å². The monoisotopic (exact) mass is 358 g/mol. The molecule has 0 radical (unpaired) electrons. The van der Waals surface area contributed by atoms with E-state index in [1.165, 1.54) is 25.7 Å². The van der Waals surface area contributed by atoms with Crippen molar-refractivity contribution in [1.29, 1.82) is 0 Å². The van der Waals surface area contributed by atoms with E-state index in [0.29, 0.717) is 24.7 Å². The van der Waals surface area contributed by atoms with Crippen molar-refractivity contribution < 1.29 is 9.59 Å². The Balaban J connectivity index is 1.36. The van der Waals surface area contributed by atoms with Crippen molar-refractivity contribution in [3.8, 4) is 0 Å². The SMILES string of the molecule is Cc1nccc(CNC(=O)C2CCC(NC(=O)CC3CCCC3)CC2)n1. The maximum Gasteiger partial charge on any atom is 0.223 e. The van der Waals surface area contributed by atoms with Crippen LogP contribution in [0.25, 0.3) is 0 Å². The first kappa shape index (κ1) is 18.8. The minimum absolute atomic E-state index is 0.0425. The number of rotatable bonds is 6. The smallest absolute Gasteiger partial charge is 0.223 e. The summed E-state index contributed by atoms with van der Waals surface area (Å²) in [6.07, 6.45) is 10.8. The summed E-state index contributed by atoms with van der Waals surface area (Å²) in [6.45, 7) is 2.29. The number of nitrogens with zero attached hydrogens (tertiary/aromatic N) is 2. The summed E-state index contributed by atoms with van der Waals surface area (Å²) in [5, 5.41) is 6.16. The van der Waals surface area contributed by atoms with Crippen LogP contribution in [0.4, 0.5) is 0 Å². The molecule has 6 heteroatoms. The summed E-state index contributed by atoms with van der Waals surface area (Å²) in [7, 11) is 0. The second-order valence-corrected chi connectivity index (χ2v) is 7.78. The van der Waals surface area contributed by atoms with E-state index < -0.39 is 0 Å². The highest BCUT2D eigenvalue weighted by Gasteiger charge is 2.27. The van der Waals surface area contributed by atoms with Gasteiger partial charge in [0.25, 0.3) is 0 Å². The van der Waals surface area contributed by atoms with E-state index in [1.54, 1.807) is 6.20 Å². The van der Waals surface area contributed by atoms with Gasteiger partial charge in [-0.2, -0.15) is 0 Å². The second kappa shape index (κ2) is 9.10. The normalized spacial score (nSPS) is 23.6. The van der Waals surface area contributed by atoms with Crippen molar-refractivity contribution in [2.75, 3.05) is 0 Å². The molecule has 2 aliphatic carbocycles. The molecule has 142 valence electrons. The molecule has 0 saturated heterocycles. The number of carbonyl (C=O) groups excluding carboxylic acids is 2. The lowest BCUT2D eigenvalue weighted by molar-refractivity contribution is -0.126. The van der Waals surface area contributed by atoms with Crippen LogP contribution in [0.1, 0.15) is 69.3 Å². The van der Waals surface area contributed by atoms with E-state index in [1.807, 2.05) is 13.0 Å². The molecule has 3 rings (SSSR count). The molecular weight excluding hydrogens is 328 g/mol. The fraction of sp³-hybridized carbons (Fsp3) is 0.700. The maximum atomic E-state index is 12.4. The zero-order valence-corrected chi connectivity index (χ0v) is 15.7. The zero-order chi connectivity index (χ0) is 18.4. The Bertz CT molecular complexity index is 620. The number of aryl methyl sites for hydroxylation is 1. The van der Waals surface area contributed by atoms with Gasteiger partial charge in [-0.25, -0.2) is 9.97 Å². The number of aromatic nitrogens is 2. The summed E-state index contributed by atoms with van der Waals surface area (Å²) < 4.78 is 0. The Hall–Kier alpha value is -1.98. The third-order valence-electron chi connectivity index (χ3n) is 5.69. The maximum absolute atomic E-state index is 12.4. The van der Waals surface area contributed by atoms with Gasteiger partial charge < -0.3 is 10.6 Å². The summed E-state index contributed by atoms with van der Waals surface area (Å²) in [5.74, 6) is 1.63. The average molecular weight is 358 g/mol. The molecule has 6 nitrogen and oxygen atoms in total. The van der Waals surface area contributed by atoms with E-state index in [2.05, 4.69) is 20.6 Å². The van der Waals surface area contributed by atoms with Crippen LogP contribution in [0, 0.1) is 18.8 Å². The number of carbonyl (C=O) groups is 2. The van der Waals surface area contributed by atoms with Gasteiger partial charge in [0.1, 0.15) is 5.82 Å². The van der Waals surface area contributed by atoms with E-state index >= 15 is 0 Å². The van der Waals surface area contributed by atoms with Crippen LogP contribution >= 0.6 is 0 Å². The van der Waals surface area contributed by atoms with Crippen molar-refractivity contribution in [2.45, 2.75) is 77.3 Å². The van der Waals surface area contributed by atoms with Crippen LogP contribution in [-0.2, 0) is 16.1 Å². The summed E-state index contributed by atoms with van der Waals surface area (Å²) in [5.41, 5.74) is 0.832. The standard InChI is InChI=1S/C20H30N4O2/c1-14-21-11-10-18(23-14)13-22-20(26)16-6-8-17(9-7-16)24-19(25)12-15-4-2-3-5-15/h10-11,15-17H,2-9,12-13H2,1H3,(H,22,26)(H,24,25). The van der Waals surface area contributed by atoms with E-state index in [0.717, 1.165) is 31.4 Å². The molecule has 2 saturated carbocycles. The minimum atomic E-state index is 0.0425. The van der Waals surface area contributed by atoms with Crippen molar-refractivity contribution >= 4 is 11.8 Å². The Kier molecular flexibility index (Phi) is 6.58. The number of hydrogen-bond donors (Lipinski definition) is 2. The Morgan fingerprint density at radius 1 is 1.12 bits per heavy atom. The highest BCUT2D eigenvalue weighted by Crippen LogP contribution is 2.28. The molecule has 2 fully saturated rings. The van der Waals surface area contributed by atoms with Crippen LogP contribution in [0.3, 0.4) is 0 Å². The highest BCUT2D eigenvalue weighted by atomic mass is 16.2. The molecule has 0 spiro atoms. The van der Waals surface area contributed by atoms with E-state index in [9.17, 15) is 9.59 Å². The Morgan fingerprint density at radius 2 is 1.85 bits per heavy atom. The van der Waals surface area contributed by atoms with Gasteiger partial charge in [0.15, 0.2) is 0 Å². The third-order valence-corrected chi connectivity index (χ3v) is 5.69. The third kappa shape index (κ3) is 5.51. The van der Waals surface area contributed by atoms with E-state index in [4.69, 9.17) is 0 Å². The zero-order valence-electron chi connectivity index (χ0n) is 15.7. The molecule has 0 aliphatic heterocycles. The lowest BCUT2D eigenvalue weighted by Gasteiger charge is -2.28. The lowest BCUT2D eigenvalue weighted by atomic mass is 9.85. The van der Waals surface area contributed by atoms with Gasteiger partial charge in [0, 0.05) is 24.6 Å². The molecule has 26 heavy (non-hydrogen) atoms. The molecule has 2 N–H and O–H groups in total. The van der Waals surface area contributed by atoms with Crippen molar-refractivity contribution in [3.63, 3.8) is 0 Å². The molecule has 1 heterocycles. The summed E-state index contributed by atoms with van der Waals surface area (Å²) >= 11 is 0. The highest BCUT2D eigenvalue weighted by molar-refractivity contribution is 5.79. The second-order valence-electron chi connectivity index (χ2n) is 7.78. The van der Waals surface area contributed by atoms with Gasteiger partial charge in [0.05, 0.1) is 12.2 Å². The van der Waals surface area contributed by atoms with Crippen LogP contribution in [0.2, 0.25) is 0 Å². The molecule has 0 unspecified atom stereocenters. The molecule has 2 aliphatic rings. The average Bonchev–Trinajstić information content (AvgIpc) is 3.13. The van der Waals surface area contributed by atoms with Gasteiger partial charge in [0.2, 0.25) is 11.8 Å². The molecule has 1 aromatic heterocycles. The Labute approximate surface area is 155 Å². The van der Waals surface area contributed by atoms with Crippen molar-refractivity contribution in [2.24, 2.45) is 11.8 Å². The molecule has 0 atom stereocenters. The number of hydrogen-bond acceptors (Lipinski definition) is 4. The minimum Gasteiger partial charge on any atom is -0.353 e. The van der Waals surface area contributed by atoms with Gasteiger partial charge in [-0.15, -0.1) is 0 Å². The topological polar surface area (TPSA) is 84.0 Å². The van der Waals surface area contributed by atoms with Gasteiger partial charge in [-0.05, 0) is 57.4 Å². The molecule has 2 amide bonds. The predicted octanol–water partition coefficient (Wildman–Crippen LogP) is 2.66. The molecular formula is C20H30N4O2. The first-order valence-corrected chi connectivity index (χ1v) is 9.96. The van der Waals surface area contributed by atoms with Gasteiger partial charge in [-0.1, -0.05) is 12.8 Å². The summed E-state index contributed by atoms with van der Waals surface area (Å²) in [6, 6.07) is 2.06. The van der Waals surface area contributed by atoms with Crippen LogP contribution in [0.15, 0.2) is 12.3 Å². The van der Waals surface area contributed by atoms with Gasteiger partial charge in [-0.3, -0.25) is 9.59 Å². The van der Waals surface area contributed by atoms with Crippen molar-refractivity contribution in [1.82, 2.24) is 20.6 Å². The molecule has 0 aromatic carbocycles.